The van der Waals surface area contributed by atoms with Crippen LogP contribution in [0.5, 0.6) is 0 Å². The summed E-state index contributed by atoms with van der Waals surface area (Å²) in [7, 11) is 0. The van der Waals surface area contributed by atoms with Gasteiger partial charge in [-0.25, -0.2) is 4.98 Å². The molecular formula is C21H26Cl2N4O. The number of rotatable bonds is 5. The Labute approximate surface area is 177 Å². The van der Waals surface area contributed by atoms with Gasteiger partial charge in [0.25, 0.3) is 0 Å². The maximum Gasteiger partial charge on any atom is 0.220 e. The van der Waals surface area contributed by atoms with Crippen LogP contribution in [0.4, 0.5) is 0 Å². The van der Waals surface area contributed by atoms with Crippen molar-refractivity contribution in [3.8, 4) is 0 Å². The number of imidazole rings is 1. The first-order chi connectivity index (χ1) is 12.7. The van der Waals surface area contributed by atoms with E-state index in [9.17, 15) is 4.79 Å². The quantitative estimate of drug-likeness (QED) is 0.589. The monoisotopic (exact) mass is 420 g/mol. The van der Waals surface area contributed by atoms with Crippen LogP contribution in [-0.4, -0.2) is 29.0 Å². The summed E-state index contributed by atoms with van der Waals surface area (Å²) in [5.41, 5.74) is 5.85. The summed E-state index contributed by atoms with van der Waals surface area (Å²) in [6.07, 6.45) is 2.11. The molecule has 150 valence electrons. The van der Waals surface area contributed by atoms with Crippen molar-refractivity contribution < 1.29 is 4.79 Å². The molecule has 1 aromatic heterocycles. The Kier molecular flexibility index (Phi) is 7.87. The van der Waals surface area contributed by atoms with E-state index in [-0.39, 0.29) is 36.8 Å². The van der Waals surface area contributed by atoms with Crippen LogP contribution in [-0.2, 0) is 17.6 Å². The van der Waals surface area contributed by atoms with Gasteiger partial charge in [0.1, 0.15) is 5.82 Å². The predicted octanol–water partition coefficient (Wildman–Crippen LogP) is 3.65. The van der Waals surface area contributed by atoms with E-state index in [1.54, 1.807) is 0 Å². The molecule has 0 radical (unpaired) electrons. The Bertz CT molecular complexity index is 941. The predicted molar refractivity (Wildman–Crippen MR) is 118 cm³/mol. The molecule has 0 saturated carbocycles. The Balaban J connectivity index is 0.00000140. The zero-order valence-corrected chi connectivity index (χ0v) is 17.5. The number of fused-ring (bicyclic) bond motifs is 2. The normalized spacial score (nSPS) is 15.2. The summed E-state index contributed by atoms with van der Waals surface area (Å²) in [5, 5.41) is 6.56. The van der Waals surface area contributed by atoms with E-state index in [4.69, 9.17) is 0 Å². The second-order valence-corrected chi connectivity index (χ2v) is 6.91. The van der Waals surface area contributed by atoms with Crippen molar-refractivity contribution in [2.45, 2.75) is 32.2 Å². The molecule has 2 heterocycles. The smallest absolute Gasteiger partial charge is 0.220 e. The first-order valence-electron chi connectivity index (χ1n) is 9.23. The Morgan fingerprint density at radius 3 is 2.82 bits per heavy atom. The van der Waals surface area contributed by atoms with Crippen LogP contribution in [0, 0.1) is 6.92 Å². The number of carbonyl (C=O) groups is 1. The van der Waals surface area contributed by atoms with Gasteiger partial charge in [0.2, 0.25) is 5.91 Å². The summed E-state index contributed by atoms with van der Waals surface area (Å²) >= 11 is 0. The van der Waals surface area contributed by atoms with E-state index < -0.39 is 0 Å². The lowest BCUT2D eigenvalue weighted by atomic mass is 9.94. The molecule has 2 aromatic carbocycles. The van der Waals surface area contributed by atoms with Crippen molar-refractivity contribution in [1.82, 2.24) is 20.6 Å². The number of hydrogen-bond acceptors (Lipinski definition) is 3. The zero-order chi connectivity index (χ0) is 17.9. The number of benzene rings is 2. The minimum absolute atomic E-state index is 0. The van der Waals surface area contributed by atoms with Gasteiger partial charge in [-0.15, -0.1) is 24.8 Å². The van der Waals surface area contributed by atoms with Crippen molar-refractivity contribution in [3.63, 3.8) is 0 Å². The van der Waals surface area contributed by atoms with Crippen LogP contribution < -0.4 is 10.6 Å². The summed E-state index contributed by atoms with van der Waals surface area (Å²) in [5.74, 6) is 0.928. The largest absolute Gasteiger partial charge is 0.354 e. The van der Waals surface area contributed by atoms with Gasteiger partial charge < -0.3 is 15.6 Å². The summed E-state index contributed by atoms with van der Waals surface area (Å²) in [6.45, 7) is 3.62. The standard InChI is InChI=1S/C21H24N4O.2ClH/c1-14-5-4-8-17-21(14)25-19(24-17)9-10-20(26)23-13-18-16-7-3-2-6-15(16)11-12-22-18;;/h2-8,18,22H,9-13H2,1H3,(H,23,26)(H,24,25);2*1H. The fourth-order valence-corrected chi connectivity index (χ4v) is 3.66. The van der Waals surface area contributed by atoms with E-state index in [0.717, 1.165) is 35.4 Å². The number of para-hydroxylation sites is 1. The first-order valence-corrected chi connectivity index (χ1v) is 9.23. The molecular weight excluding hydrogens is 395 g/mol. The summed E-state index contributed by atoms with van der Waals surface area (Å²) in [4.78, 5) is 20.2. The topological polar surface area (TPSA) is 69.8 Å². The zero-order valence-electron chi connectivity index (χ0n) is 15.8. The molecule has 1 amide bonds. The Morgan fingerprint density at radius 2 is 2.00 bits per heavy atom. The number of nitrogens with zero attached hydrogens (tertiary/aromatic N) is 1. The molecule has 1 aliphatic rings. The molecule has 0 fully saturated rings. The molecule has 1 unspecified atom stereocenters. The third-order valence-corrected chi connectivity index (χ3v) is 5.07. The van der Waals surface area contributed by atoms with Crippen molar-refractivity contribution in [2.75, 3.05) is 13.1 Å². The van der Waals surface area contributed by atoms with Crippen molar-refractivity contribution in [3.05, 3.63) is 65.0 Å². The average molecular weight is 421 g/mol. The van der Waals surface area contributed by atoms with Crippen LogP contribution in [0.3, 0.4) is 0 Å². The number of amides is 1. The van der Waals surface area contributed by atoms with Gasteiger partial charge in [0.15, 0.2) is 0 Å². The van der Waals surface area contributed by atoms with Gasteiger partial charge in [0, 0.05) is 25.4 Å². The van der Waals surface area contributed by atoms with E-state index >= 15 is 0 Å². The van der Waals surface area contributed by atoms with Gasteiger partial charge in [-0.3, -0.25) is 4.79 Å². The number of carbonyl (C=O) groups excluding carboxylic acids is 1. The second-order valence-electron chi connectivity index (χ2n) is 6.91. The van der Waals surface area contributed by atoms with Crippen LogP contribution in [0.1, 0.15) is 35.0 Å². The fraction of sp³-hybridized carbons (Fsp3) is 0.333. The first kappa shape index (κ1) is 22.2. The molecule has 5 nitrogen and oxygen atoms in total. The van der Waals surface area contributed by atoms with E-state index in [0.29, 0.717) is 19.4 Å². The van der Waals surface area contributed by atoms with E-state index in [1.807, 2.05) is 12.1 Å². The van der Waals surface area contributed by atoms with Crippen LogP contribution in [0.25, 0.3) is 11.0 Å². The van der Waals surface area contributed by atoms with Gasteiger partial charge in [-0.05, 0) is 42.6 Å². The van der Waals surface area contributed by atoms with Crippen molar-refractivity contribution in [2.24, 2.45) is 0 Å². The van der Waals surface area contributed by atoms with E-state index in [2.05, 4.69) is 57.9 Å². The molecule has 0 aliphatic carbocycles. The van der Waals surface area contributed by atoms with Gasteiger partial charge >= 0.3 is 0 Å². The summed E-state index contributed by atoms with van der Waals surface area (Å²) in [6, 6.07) is 14.7. The Hall–Kier alpha value is -2.08. The number of aryl methyl sites for hydroxylation is 2. The van der Waals surface area contributed by atoms with Crippen molar-refractivity contribution in [1.29, 1.82) is 0 Å². The SMILES string of the molecule is Cc1cccc2[nH]c(CCC(=O)NCC3NCCc4ccccc43)nc12.Cl.Cl. The van der Waals surface area contributed by atoms with Gasteiger partial charge in [0.05, 0.1) is 11.0 Å². The number of aromatic nitrogens is 2. The highest BCUT2D eigenvalue weighted by molar-refractivity contribution is 5.85. The highest BCUT2D eigenvalue weighted by Gasteiger charge is 2.19. The molecule has 1 atom stereocenters. The molecule has 3 N–H and O–H groups in total. The number of aromatic amines is 1. The van der Waals surface area contributed by atoms with Crippen LogP contribution in [0.2, 0.25) is 0 Å². The van der Waals surface area contributed by atoms with Crippen molar-refractivity contribution >= 4 is 41.8 Å². The molecule has 7 heteroatoms. The number of hydrogen-bond donors (Lipinski definition) is 3. The lowest BCUT2D eigenvalue weighted by molar-refractivity contribution is -0.121. The summed E-state index contributed by atoms with van der Waals surface area (Å²) < 4.78 is 0. The molecule has 4 rings (SSSR count). The lowest BCUT2D eigenvalue weighted by Gasteiger charge is -2.27. The average Bonchev–Trinajstić information content (AvgIpc) is 3.09. The highest BCUT2D eigenvalue weighted by atomic mass is 35.5. The fourth-order valence-electron chi connectivity index (χ4n) is 3.66. The Morgan fingerprint density at radius 1 is 1.18 bits per heavy atom. The molecule has 0 spiro atoms. The molecule has 1 aliphatic heterocycles. The second kappa shape index (κ2) is 9.92. The third kappa shape index (κ3) is 4.85. The maximum absolute atomic E-state index is 12.3. The number of H-pyrrole nitrogens is 1. The van der Waals surface area contributed by atoms with Gasteiger partial charge in [-0.1, -0.05) is 36.4 Å². The highest BCUT2D eigenvalue weighted by Crippen LogP contribution is 2.22. The molecule has 28 heavy (non-hydrogen) atoms. The molecule has 0 saturated heterocycles. The van der Waals surface area contributed by atoms with E-state index in [1.165, 1.54) is 11.1 Å². The molecule has 3 aromatic rings. The number of halogens is 2. The lowest BCUT2D eigenvalue weighted by Crippen LogP contribution is -2.38. The minimum Gasteiger partial charge on any atom is -0.354 e. The van der Waals surface area contributed by atoms with Crippen LogP contribution >= 0.6 is 24.8 Å². The van der Waals surface area contributed by atoms with Gasteiger partial charge in [-0.2, -0.15) is 0 Å². The third-order valence-electron chi connectivity index (χ3n) is 5.07. The number of nitrogens with one attached hydrogen (secondary N) is 3. The minimum atomic E-state index is 0. The van der Waals surface area contributed by atoms with Crippen LogP contribution in [0.15, 0.2) is 42.5 Å². The maximum atomic E-state index is 12.3. The molecule has 0 bridgehead atoms.